The molecule has 2 heterocycles. The molecule has 0 spiro atoms. The van der Waals surface area contributed by atoms with Gasteiger partial charge in [-0.15, -0.1) is 0 Å². The highest BCUT2D eigenvalue weighted by atomic mass is 16.1. The van der Waals surface area contributed by atoms with Crippen LogP contribution in [0, 0.1) is 6.92 Å². The summed E-state index contributed by atoms with van der Waals surface area (Å²) in [5.41, 5.74) is 2.46. The summed E-state index contributed by atoms with van der Waals surface area (Å²) < 4.78 is 0. The van der Waals surface area contributed by atoms with Gasteiger partial charge in [0, 0.05) is 18.7 Å². The van der Waals surface area contributed by atoms with E-state index < -0.39 is 0 Å². The monoisotopic (exact) mass is 285 g/mol. The molecule has 0 fully saturated rings. The zero-order valence-corrected chi connectivity index (χ0v) is 12.6. The van der Waals surface area contributed by atoms with Crippen LogP contribution in [0.25, 0.3) is 0 Å². The van der Waals surface area contributed by atoms with Crippen molar-refractivity contribution in [3.8, 4) is 0 Å². The van der Waals surface area contributed by atoms with Gasteiger partial charge in [0.2, 0.25) is 0 Å². The van der Waals surface area contributed by atoms with Gasteiger partial charge in [-0.3, -0.25) is 9.78 Å². The van der Waals surface area contributed by atoms with Crippen LogP contribution in [0.3, 0.4) is 0 Å². The number of nitrogens with zero attached hydrogens (tertiary/aromatic N) is 3. The molecule has 0 aliphatic heterocycles. The maximum Gasteiger partial charge on any atom is 0.276 e. The summed E-state index contributed by atoms with van der Waals surface area (Å²) in [4.78, 5) is 25.1. The molecule has 0 aromatic carbocycles. The summed E-state index contributed by atoms with van der Waals surface area (Å²) in [6, 6.07) is 3.65. The van der Waals surface area contributed by atoms with Gasteiger partial charge in [-0.2, -0.15) is 0 Å². The van der Waals surface area contributed by atoms with Crippen LogP contribution in [0.15, 0.2) is 24.5 Å². The number of hydrogen-bond donors (Lipinski definition) is 2. The minimum absolute atomic E-state index is 0.156. The maximum absolute atomic E-state index is 12.4. The Hall–Kier alpha value is -2.50. The first-order chi connectivity index (χ1) is 10.0. The number of amides is 1. The molecule has 0 aliphatic carbocycles. The second-order valence-corrected chi connectivity index (χ2v) is 5.04. The fourth-order valence-electron chi connectivity index (χ4n) is 1.76. The van der Waals surface area contributed by atoms with Gasteiger partial charge in [0.05, 0.1) is 23.8 Å². The zero-order valence-electron chi connectivity index (χ0n) is 12.6. The molecule has 2 N–H and O–H groups in total. The highest BCUT2D eigenvalue weighted by Gasteiger charge is 2.16. The Morgan fingerprint density at radius 1 is 1.19 bits per heavy atom. The standard InChI is InChI=1S/C15H19N5O/c1-9(2)14-18-8-12(16-4)13(20-14)15(21)19-11-6-5-10(3)17-7-11/h5-9,16H,1-4H3,(H,19,21). The van der Waals surface area contributed by atoms with Gasteiger partial charge in [-0.25, -0.2) is 9.97 Å². The van der Waals surface area contributed by atoms with Crippen molar-refractivity contribution in [2.45, 2.75) is 26.7 Å². The lowest BCUT2D eigenvalue weighted by Gasteiger charge is -2.11. The second-order valence-electron chi connectivity index (χ2n) is 5.04. The maximum atomic E-state index is 12.4. The normalized spacial score (nSPS) is 10.5. The lowest BCUT2D eigenvalue weighted by molar-refractivity contribution is 0.102. The van der Waals surface area contributed by atoms with Crippen molar-refractivity contribution >= 4 is 17.3 Å². The first-order valence-electron chi connectivity index (χ1n) is 6.80. The van der Waals surface area contributed by atoms with E-state index in [0.29, 0.717) is 22.9 Å². The Labute approximate surface area is 124 Å². The number of aromatic nitrogens is 3. The lowest BCUT2D eigenvalue weighted by Crippen LogP contribution is -2.18. The van der Waals surface area contributed by atoms with E-state index in [4.69, 9.17) is 0 Å². The average Bonchev–Trinajstić information content (AvgIpc) is 2.48. The number of carbonyl (C=O) groups is 1. The van der Waals surface area contributed by atoms with Gasteiger partial charge in [0.15, 0.2) is 5.69 Å². The van der Waals surface area contributed by atoms with Gasteiger partial charge in [0.1, 0.15) is 5.82 Å². The minimum Gasteiger partial charge on any atom is -0.385 e. The van der Waals surface area contributed by atoms with Gasteiger partial charge < -0.3 is 10.6 Å². The molecule has 0 saturated heterocycles. The fraction of sp³-hybridized carbons (Fsp3) is 0.333. The van der Waals surface area contributed by atoms with Crippen LogP contribution >= 0.6 is 0 Å². The lowest BCUT2D eigenvalue weighted by atomic mass is 10.2. The molecule has 2 rings (SSSR count). The molecule has 0 aliphatic rings. The van der Waals surface area contributed by atoms with Crippen LogP contribution in [0.1, 0.15) is 41.8 Å². The first-order valence-corrected chi connectivity index (χ1v) is 6.80. The number of rotatable bonds is 4. The van der Waals surface area contributed by atoms with Gasteiger partial charge in [0.25, 0.3) is 5.91 Å². The van der Waals surface area contributed by atoms with E-state index in [-0.39, 0.29) is 11.8 Å². The van der Waals surface area contributed by atoms with Crippen LogP contribution < -0.4 is 10.6 Å². The summed E-state index contributed by atoms with van der Waals surface area (Å²) in [6.07, 6.45) is 3.25. The van der Waals surface area contributed by atoms with Crippen molar-refractivity contribution in [2.24, 2.45) is 0 Å². The van der Waals surface area contributed by atoms with Crippen LogP contribution in [-0.4, -0.2) is 27.9 Å². The summed E-state index contributed by atoms with van der Waals surface area (Å²) in [7, 11) is 1.73. The fourth-order valence-corrected chi connectivity index (χ4v) is 1.76. The van der Waals surface area contributed by atoms with Crippen molar-refractivity contribution in [1.82, 2.24) is 15.0 Å². The van der Waals surface area contributed by atoms with Crippen molar-refractivity contribution in [3.63, 3.8) is 0 Å². The van der Waals surface area contributed by atoms with Gasteiger partial charge in [-0.05, 0) is 19.1 Å². The third kappa shape index (κ3) is 3.53. The molecule has 0 radical (unpaired) electrons. The Balaban J connectivity index is 2.28. The van der Waals surface area contributed by atoms with Crippen molar-refractivity contribution in [3.05, 3.63) is 41.7 Å². The minimum atomic E-state index is -0.283. The Bertz CT molecular complexity index is 637. The van der Waals surface area contributed by atoms with E-state index in [9.17, 15) is 4.79 Å². The highest BCUT2D eigenvalue weighted by molar-refractivity contribution is 6.06. The zero-order chi connectivity index (χ0) is 15.4. The quantitative estimate of drug-likeness (QED) is 0.902. The summed E-state index contributed by atoms with van der Waals surface area (Å²) >= 11 is 0. The Morgan fingerprint density at radius 2 is 1.95 bits per heavy atom. The molecule has 0 saturated carbocycles. The van der Waals surface area contributed by atoms with Gasteiger partial charge >= 0.3 is 0 Å². The predicted molar refractivity (Wildman–Crippen MR) is 82.6 cm³/mol. The summed E-state index contributed by atoms with van der Waals surface area (Å²) in [5, 5.41) is 5.73. The topological polar surface area (TPSA) is 79.8 Å². The largest absolute Gasteiger partial charge is 0.385 e. The molecular weight excluding hydrogens is 266 g/mol. The highest BCUT2D eigenvalue weighted by Crippen LogP contribution is 2.17. The molecule has 110 valence electrons. The molecule has 1 amide bonds. The van der Waals surface area contributed by atoms with E-state index in [1.165, 1.54) is 0 Å². The second kappa shape index (κ2) is 6.30. The third-order valence-electron chi connectivity index (χ3n) is 2.98. The Morgan fingerprint density at radius 3 is 2.52 bits per heavy atom. The summed E-state index contributed by atoms with van der Waals surface area (Å²) in [6.45, 7) is 5.87. The van der Waals surface area contributed by atoms with E-state index in [0.717, 1.165) is 5.69 Å². The summed E-state index contributed by atoms with van der Waals surface area (Å²) in [5.74, 6) is 0.513. The molecule has 2 aromatic rings. The number of pyridine rings is 1. The number of carbonyl (C=O) groups excluding carboxylic acids is 1. The number of aryl methyl sites for hydroxylation is 1. The van der Waals surface area contributed by atoms with Crippen LogP contribution in [-0.2, 0) is 0 Å². The van der Waals surface area contributed by atoms with E-state index in [1.807, 2.05) is 32.9 Å². The smallest absolute Gasteiger partial charge is 0.276 e. The molecule has 2 aromatic heterocycles. The molecule has 0 atom stereocenters. The van der Waals surface area contributed by atoms with Gasteiger partial charge in [-0.1, -0.05) is 13.8 Å². The molecular formula is C15H19N5O. The van der Waals surface area contributed by atoms with E-state index in [1.54, 1.807) is 19.4 Å². The van der Waals surface area contributed by atoms with Crippen molar-refractivity contribution in [2.75, 3.05) is 17.7 Å². The molecule has 0 bridgehead atoms. The van der Waals surface area contributed by atoms with E-state index >= 15 is 0 Å². The van der Waals surface area contributed by atoms with Crippen LogP contribution in [0.2, 0.25) is 0 Å². The first kappa shape index (κ1) is 14.9. The number of hydrogen-bond acceptors (Lipinski definition) is 5. The molecule has 6 heteroatoms. The van der Waals surface area contributed by atoms with E-state index in [2.05, 4.69) is 25.6 Å². The van der Waals surface area contributed by atoms with Crippen LogP contribution in [0.4, 0.5) is 11.4 Å². The number of nitrogens with one attached hydrogen (secondary N) is 2. The number of anilines is 2. The third-order valence-corrected chi connectivity index (χ3v) is 2.98. The predicted octanol–water partition coefficient (Wildman–Crippen LogP) is 2.60. The van der Waals surface area contributed by atoms with Crippen LogP contribution in [0.5, 0.6) is 0 Å². The van der Waals surface area contributed by atoms with Crippen molar-refractivity contribution in [1.29, 1.82) is 0 Å². The molecule has 0 unspecified atom stereocenters. The SMILES string of the molecule is CNc1cnc(C(C)C)nc1C(=O)Nc1ccc(C)nc1. The average molecular weight is 285 g/mol. The molecule has 6 nitrogen and oxygen atoms in total. The molecule has 21 heavy (non-hydrogen) atoms. The van der Waals surface area contributed by atoms with Crippen molar-refractivity contribution < 1.29 is 4.79 Å². The Kier molecular flexibility index (Phi) is 4.47.